The standard InChI is InChI=1S/C15H28O2/c1-5-10-13(4)14(6-2)11-8-9-12-15(16)17-7-3/h9,12-14H,5-8,10-11H2,1-4H3. The minimum atomic E-state index is -0.220. The Balaban J connectivity index is 3.87. The maximum Gasteiger partial charge on any atom is 0.330 e. The molecule has 0 saturated carbocycles. The van der Waals surface area contributed by atoms with Gasteiger partial charge in [0.05, 0.1) is 6.61 Å². The van der Waals surface area contributed by atoms with Gasteiger partial charge in [-0.05, 0) is 31.6 Å². The van der Waals surface area contributed by atoms with Crippen molar-refractivity contribution < 1.29 is 9.53 Å². The Morgan fingerprint density at radius 1 is 1.24 bits per heavy atom. The molecule has 0 amide bonds. The Morgan fingerprint density at radius 2 is 1.94 bits per heavy atom. The molecule has 0 radical (unpaired) electrons. The summed E-state index contributed by atoms with van der Waals surface area (Å²) < 4.78 is 4.84. The van der Waals surface area contributed by atoms with Gasteiger partial charge in [0.15, 0.2) is 0 Å². The topological polar surface area (TPSA) is 26.3 Å². The second kappa shape index (κ2) is 10.4. The zero-order chi connectivity index (χ0) is 13.1. The van der Waals surface area contributed by atoms with Crippen LogP contribution in [-0.2, 0) is 9.53 Å². The van der Waals surface area contributed by atoms with Gasteiger partial charge < -0.3 is 4.74 Å². The highest BCUT2D eigenvalue weighted by atomic mass is 16.5. The van der Waals surface area contributed by atoms with E-state index in [1.54, 1.807) is 6.08 Å². The zero-order valence-corrected chi connectivity index (χ0v) is 11.9. The fraction of sp³-hybridized carbons (Fsp3) is 0.800. The van der Waals surface area contributed by atoms with E-state index in [0.29, 0.717) is 6.61 Å². The Hall–Kier alpha value is -0.790. The summed E-state index contributed by atoms with van der Waals surface area (Å²) in [4.78, 5) is 11.1. The van der Waals surface area contributed by atoms with Crippen molar-refractivity contribution in [3.63, 3.8) is 0 Å². The predicted octanol–water partition coefficient (Wildman–Crippen LogP) is 4.35. The monoisotopic (exact) mass is 240 g/mol. The van der Waals surface area contributed by atoms with Crippen molar-refractivity contribution in [3.8, 4) is 0 Å². The molecule has 0 heterocycles. The van der Waals surface area contributed by atoms with Crippen molar-refractivity contribution in [2.24, 2.45) is 11.8 Å². The molecule has 17 heavy (non-hydrogen) atoms. The third-order valence-corrected chi connectivity index (χ3v) is 3.32. The molecule has 100 valence electrons. The first kappa shape index (κ1) is 16.2. The lowest BCUT2D eigenvalue weighted by atomic mass is 9.85. The van der Waals surface area contributed by atoms with Gasteiger partial charge in [-0.15, -0.1) is 0 Å². The van der Waals surface area contributed by atoms with Crippen molar-refractivity contribution in [2.75, 3.05) is 6.61 Å². The van der Waals surface area contributed by atoms with Crippen LogP contribution in [0.15, 0.2) is 12.2 Å². The van der Waals surface area contributed by atoms with Crippen LogP contribution in [0.2, 0.25) is 0 Å². The van der Waals surface area contributed by atoms with Gasteiger partial charge in [0, 0.05) is 6.08 Å². The summed E-state index contributed by atoms with van der Waals surface area (Å²) in [6, 6.07) is 0. The zero-order valence-electron chi connectivity index (χ0n) is 11.9. The second-order valence-corrected chi connectivity index (χ2v) is 4.67. The van der Waals surface area contributed by atoms with E-state index in [9.17, 15) is 4.79 Å². The van der Waals surface area contributed by atoms with E-state index in [1.165, 1.54) is 25.7 Å². The first-order chi connectivity index (χ1) is 8.15. The highest BCUT2D eigenvalue weighted by Crippen LogP contribution is 2.24. The third kappa shape index (κ3) is 8.00. The van der Waals surface area contributed by atoms with Crippen molar-refractivity contribution in [1.29, 1.82) is 0 Å². The molecule has 0 aliphatic carbocycles. The van der Waals surface area contributed by atoms with Crippen LogP contribution < -0.4 is 0 Å². The van der Waals surface area contributed by atoms with Gasteiger partial charge in [0.1, 0.15) is 0 Å². The molecule has 0 rings (SSSR count). The summed E-state index contributed by atoms with van der Waals surface area (Å²) >= 11 is 0. The third-order valence-electron chi connectivity index (χ3n) is 3.32. The molecule has 0 aromatic rings. The van der Waals surface area contributed by atoms with Gasteiger partial charge in [-0.3, -0.25) is 0 Å². The van der Waals surface area contributed by atoms with Crippen molar-refractivity contribution >= 4 is 5.97 Å². The number of hydrogen-bond donors (Lipinski definition) is 0. The van der Waals surface area contributed by atoms with E-state index in [1.807, 2.05) is 13.0 Å². The Kier molecular flexibility index (Phi) is 9.89. The van der Waals surface area contributed by atoms with Crippen LogP contribution in [-0.4, -0.2) is 12.6 Å². The molecule has 0 spiro atoms. The molecule has 2 nitrogen and oxygen atoms in total. The highest BCUT2D eigenvalue weighted by molar-refractivity contribution is 5.81. The van der Waals surface area contributed by atoms with Crippen molar-refractivity contribution in [1.82, 2.24) is 0 Å². The smallest absolute Gasteiger partial charge is 0.330 e. The van der Waals surface area contributed by atoms with E-state index in [4.69, 9.17) is 4.74 Å². The maximum absolute atomic E-state index is 11.1. The number of rotatable bonds is 9. The van der Waals surface area contributed by atoms with Gasteiger partial charge >= 0.3 is 5.97 Å². The van der Waals surface area contributed by atoms with Crippen LogP contribution in [0.5, 0.6) is 0 Å². The molecular formula is C15H28O2. The van der Waals surface area contributed by atoms with E-state index in [-0.39, 0.29) is 5.97 Å². The van der Waals surface area contributed by atoms with Crippen LogP contribution in [0.4, 0.5) is 0 Å². The summed E-state index contributed by atoms with van der Waals surface area (Å²) in [6.07, 6.45) is 9.45. The summed E-state index contributed by atoms with van der Waals surface area (Å²) in [5.74, 6) is 1.35. The number of carbonyl (C=O) groups excluding carboxylic acids is 1. The summed E-state index contributed by atoms with van der Waals surface area (Å²) in [6.45, 7) is 9.11. The van der Waals surface area contributed by atoms with E-state index >= 15 is 0 Å². The van der Waals surface area contributed by atoms with Crippen LogP contribution in [0.3, 0.4) is 0 Å². The van der Waals surface area contributed by atoms with Gasteiger partial charge in [0.2, 0.25) is 0 Å². The highest BCUT2D eigenvalue weighted by Gasteiger charge is 2.13. The molecule has 2 heteroatoms. The van der Waals surface area contributed by atoms with E-state index in [2.05, 4.69) is 20.8 Å². The number of carbonyl (C=O) groups is 1. The quantitative estimate of drug-likeness (QED) is 0.442. The van der Waals surface area contributed by atoms with Crippen molar-refractivity contribution in [3.05, 3.63) is 12.2 Å². The largest absolute Gasteiger partial charge is 0.463 e. The Morgan fingerprint density at radius 3 is 2.47 bits per heavy atom. The lowest BCUT2D eigenvalue weighted by molar-refractivity contribution is -0.137. The molecule has 2 unspecified atom stereocenters. The average molecular weight is 240 g/mol. The molecule has 0 fully saturated rings. The van der Waals surface area contributed by atoms with Gasteiger partial charge in [-0.2, -0.15) is 0 Å². The normalized spacial score (nSPS) is 14.8. The molecule has 0 aliphatic rings. The van der Waals surface area contributed by atoms with Crippen LogP contribution in [0.25, 0.3) is 0 Å². The second-order valence-electron chi connectivity index (χ2n) is 4.67. The molecule has 0 N–H and O–H groups in total. The number of allylic oxidation sites excluding steroid dienone is 1. The van der Waals surface area contributed by atoms with Crippen molar-refractivity contribution in [2.45, 2.75) is 59.8 Å². The van der Waals surface area contributed by atoms with Crippen LogP contribution in [0.1, 0.15) is 59.8 Å². The van der Waals surface area contributed by atoms with Gasteiger partial charge in [0.25, 0.3) is 0 Å². The summed E-state index contributed by atoms with van der Waals surface area (Å²) in [7, 11) is 0. The number of ether oxygens (including phenoxy) is 1. The number of hydrogen-bond acceptors (Lipinski definition) is 2. The fourth-order valence-corrected chi connectivity index (χ4v) is 2.26. The molecule has 0 bridgehead atoms. The van der Waals surface area contributed by atoms with Gasteiger partial charge in [-0.25, -0.2) is 4.79 Å². The molecule has 0 aliphatic heterocycles. The maximum atomic E-state index is 11.1. The fourth-order valence-electron chi connectivity index (χ4n) is 2.26. The SMILES string of the molecule is CCCC(C)C(CC)CCC=CC(=O)OCC. The predicted molar refractivity (Wildman–Crippen MR) is 72.9 cm³/mol. The summed E-state index contributed by atoms with van der Waals surface area (Å²) in [5.41, 5.74) is 0. The Bertz CT molecular complexity index is 221. The van der Waals surface area contributed by atoms with E-state index in [0.717, 1.165) is 18.3 Å². The Labute approximate surface area is 106 Å². The lowest BCUT2D eigenvalue weighted by Gasteiger charge is -2.21. The lowest BCUT2D eigenvalue weighted by Crippen LogP contribution is -2.10. The van der Waals surface area contributed by atoms with Crippen LogP contribution >= 0.6 is 0 Å². The summed E-state index contributed by atoms with van der Waals surface area (Å²) in [5, 5.41) is 0. The minimum absolute atomic E-state index is 0.220. The molecule has 2 atom stereocenters. The molecule has 0 aromatic heterocycles. The number of esters is 1. The average Bonchev–Trinajstić information content (AvgIpc) is 2.29. The first-order valence-corrected chi connectivity index (χ1v) is 6.98. The van der Waals surface area contributed by atoms with E-state index < -0.39 is 0 Å². The molecule has 0 aromatic carbocycles. The first-order valence-electron chi connectivity index (χ1n) is 6.98. The molecular weight excluding hydrogens is 212 g/mol. The van der Waals surface area contributed by atoms with Crippen LogP contribution in [0, 0.1) is 11.8 Å². The van der Waals surface area contributed by atoms with Gasteiger partial charge in [-0.1, -0.05) is 46.1 Å². The molecule has 0 saturated heterocycles. The minimum Gasteiger partial charge on any atom is -0.463 e.